The van der Waals surface area contributed by atoms with E-state index in [1.165, 1.54) is 12.3 Å². The van der Waals surface area contributed by atoms with Gasteiger partial charge in [-0.3, -0.25) is 10.1 Å². The molecule has 0 bridgehead atoms. The zero-order valence-electron chi connectivity index (χ0n) is 9.03. The predicted molar refractivity (Wildman–Crippen MR) is 65.3 cm³/mol. The van der Waals surface area contributed by atoms with Crippen LogP contribution in [0, 0.1) is 10.1 Å². The molecule has 3 N–H and O–H groups in total. The smallest absolute Gasteiger partial charge is 0.288 e. The number of nitro groups is 1. The second-order valence-electron chi connectivity index (χ2n) is 3.99. The molecule has 0 aliphatic carbocycles. The Balaban J connectivity index is 2.96. The number of nitrogens with two attached hydrogens (primary N) is 1. The molecule has 1 heterocycles. The highest BCUT2D eigenvalue weighted by atomic mass is 79.9. The minimum atomic E-state index is -0.490. The number of pyridine rings is 1. The maximum absolute atomic E-state index is 10.5. The lowest BCUT2D eigenvalue weighted by atomic mass is 10.1. The third-order valence-corrected chi connectivity index (χ3v) is 2.61. The van der Waals surface area contributed by atoms with Crippen molar-refractivity contribution in [3.63, 3.8) is 0 Å². The Kier molecular flexibility index (Phi) is 3.82. The first-order valence-corrected chi connectivity index (χ1v) is 5.43. The molecular weight excluding hydrogens is 276 g/mol. The lowest BCUT2D eigenvalue weighted by Crippen LogP contribution is -2.39. The number of hydrogen-bond donors (Lipinski definition) is 2. The molecule has 0 unspecified atom stereocenters. The topological polar surface area (TPSA) is 94.1 Å². The maximum Gasteiger partial charge on any atom is 0.288 e. The van der Waals surface area contributed by atoms with E-state index in [9.17, 15) is 10.1 Å². The SMILES string of the molecule is CC(C)(CN)Nc1ncc([N+](=O)[O-])cc1Br. The molecule has 6 nitrogen and oxygen atoms in total. The summed E-state index contributed by atoms with van der Waals surface area (Å²) in [7, 11) is 0. The fourth-order valence-electron chi connectivity index (χ4n) is 0.991. The molecule has 7 heteroatoms. The molecule has 1 aromatic rings. The van der Waals surface area contributed by atoms with E-state index in [-0.39, 0.29) is 11.2 Å². The van der Waals surface area contributed by atoms with Gasteiger partial charge >= 0.3 is 0 Å². The summed E-state index contributed by atoms with van der Waals surface area (Å²) in [6.07, 6.45) is 1.21. The van der Waals surface area contributed by atoms with E-state index in [0.717, 1.165) is 0 Å². The molecule has 0 saturated heterocycles. The summed E-state index contributed by atoms with van der Waals surface area (Å²) >= 11 is 3.23. The van der Waals surface area contributed by atoms with Gasteiger partial charge in [0.15, 0.2) is 0 Å². The fourth-order valence-corrected chi connectivity index (χ4v) is 1.43. The second kappa shape index (κ2) is 4.75. The Bertz CT molecular complexity index is 408. The van der Waals surface area contributed by atoms with Crippen molar-refractivity contribution < 1.29 is 4.92 Å². The Labute approximate surface area is 102 Å². The molecular formula is C9H13BrN4O2. The van der Waals surface area contributed by atoms with Gasteiger partial charge in [-0.15, -0.1) is 0 Å². The molecule has 88 valence electrons. The van der Waals surface area contributed by atoms with Gasteiger partial charge < -0.3 is 11.1 Å². The molecule has 0 aromatic carbocycles. The van der Waals surface area contributed by atoms with Crippen LogP contribution in [0.5, 0.6) is 0 Å². The molecule has 0 fully saturated rings. The molecule has 0 amide bonds. The van der Waals surface area contributed by atoms with Gasteiger partial charge in [-0.2, -0.15) is 0 Å². The van der Waals surface area contributed by atoms with Crippen LogP contribution < -0.4 is 11.1 Å². The van der Waals surface area contributed by atoms with E-state index in [1.807, 2.05) is 13.8 Å². The lowest BCUT2D eigenvalue weighted by molar-refractivity contribution is -0.385. The van der Waals surface area contributed by atoms with Crippen molar-refractivity contribution in [3.8, 4) is 0 Å². The van der Waals surface area contributed by atoms with Crippen LogP contribution in [-0.2, 0) is 0 Å². The van der Waals surface area contributed by atoms with Crippen molar-refractivity contribution in [2.45, 2.75) is 19.4 Å². The Morgan fingerprint density at radius 3 is 2.75 bits per heavy atom. The summed E-state index contributed by atoms with van der Waals surface area (Å²) in [5.74, 6) is 0.543. The summed E-state index contributed by atoms with van der Waals surface area (Å²) < 4.78 is 0.545. The first-order valence-electron chi connectivity index (χ1n) is 4.64. The van der Waals surface area contributed by atoms with Crippen LogP contribution in [0.3, 0.4) is 0 Å². The summed E-state index contributed by atoms with van der Waals surface area (Å²) in [6, 6.07) is 1.40. The number of nitrogens with one attached hydrogen (secondary N) is 1. The minimum absolute atomic E-state index is 0.0528. The zero-order valence-corrected chi connectivity index (χ0v) is 10.6. The van der Waals surface area contributed by atoms with Gasteiger partial charge in [-0.05, 0) is 29.8 Å². The van der Waals surface area contributed by atoms with Crippen molar-refractivity contribution in [3.05, 3.63) is 26.9 Å². The van der Waals surface area contributed by atoms with E-state index in [4.69, 9.17) is 5.73 Å². The number of anilines is 1. The Morgan fingerprint density at radius 1 is 1.69 bits per heavy atom. The maximum atomic E-state index is 10.5. The number of hydrogen-bond acceptors (Lipinski definition) is 5. The van der Waals surface area contributed by atoms with E-state index < -0.39 is 4.92 Å². The average molecular weight is 289 g/mol. The summed E-state index contributed by atoms with van der Waals surface area (Å²) in [5.41, 5.74) is 5.20. The number of nitrogens with zero attached hydrogens (tertiary/aromatic N) is 2. The third-order valence-electron chi connectivity index (χ3n) is 2.00. The molecule has 0 aliphatic rings. The van der Waals surface area contributed by atoms with Crippen LogP contribution in [0.4, 0.5) is 11.5 Å². The van der Waals surface area contributed by atoms with Gasteiger partial charge in [0.2, 0.25) is 0 Å². The van der Waals surface area contributed by atoms with Crippen LogP contribution >= 0.6 is 15.9 Å². The van der Waals surface area contributed by atoms with Gasteiger partial charge in [0.05, 0.1) is 9.40 Å². The van der Waals surface area contributed by atoms with E-state index in [2.05, 4.69) is 26.2 Å². The van der Waals surface area contributed by atoms with Crippen LogP contribution in [-0.4, -0.2) is 22.0 Å². The largest absolute Gasteiger partial charge is 0.363 e. The quantitative estimate of drug-likeness (QED) is 0.652. The third kappa shape index (κ3) is 3.14. The molecule has 16 heavy (non-hydrogen) atoms. The monoisotopic (exact) mass is 288 g/mol. The molecule has 0 saturated carbocycles. The lowest BCUT2D eigenvalue weighted by Gasteiger charge is -2.25. The highest BCUT2D eigenvalue weighted by Gasteiger charge is 2.18. The summed E-state index contributed by atoms with van der Waals surface area (Å²) in [5, 5.41) is 13.6. The molecule has 0 aliphatic heterocycles. The van der Waals surface area contributed by atoms with Gasteiger partial charge in [0.1, 0.15) is 12.0 Å². The van der Waals surface area contributed by atoms with Crippen LogP contribution in [0.1, 0.15) is 13.8 Å². The molecule has 1 aromatic heterocycles. The van der Waals surface area contributed by atoms with Gasteiger partial charge in [0, 0.05) is 18.2 Å². The highest BCUT2D eigenvalue weighted by molar-refractivity contribution is 9.10. The van der Waals surface area contributed by atoms with Crippen LogP contribution in [0.25, 0.3) is 0 Å². The Morgan fingerprint density at radius 2 is 2.31 bits per heavy atom. The number of halogens is 1. The highest BCUT2D eigenvalue weighted by Crippen LogP contribution is 2.26. The van der Waals surface area contributed by atoms with Crippen molar-refractivity contribution in [2.75, 3.05) is 11.9 Å². The zero-order chi connectivity index (χ0) is 12.3. The molecule has 0 spiro atoms. The van der Waals surface area contributed by atoms with E-state index >= 15 is 0 Å². The van der Waals surface area contributed by atoms with Crippen LogP contribution in [0.15, 0.2) is 16.7 Å². The number of aromatic nitrogens is 1. The average Bonchev–Trinajstić information content (AvgIpc) is 2.20. The van der Waals surface area contributed by atoms with E-state index in [0.29, 0.717) is 16.8 Å². The summed E-state index contributed by atoms with van der Waals surface area (Å²) in [4.78, 5) is 14.0. The van der Waals surface area contributed by atoms with Gasteiger partial charge in [-0.1, -0.05) is 0 Å². The normalized spacial score (nSPS) is 11.2. The van der Waals surface area contributed by atoms with E-state index in [1.54, 1.807) is 0 Å². The molecule has 0 atom stereocenters. The minimum Gasteiger partial charge on any atom is -0.363 e. The molecule has 0 radical (unpaired) electrons. The summed E-state index contributed by atoms with van der Waals surface area (Å²) in [6.45, 7) is 4.27. The van der Waals surface area contributed by atoms with Crippen molar-refractivity contribution in [2.24, 2.45) is 5.73 Å². The Hall–Kier alpha value is -1.21. The molecule has 1 rings (SSSR count). The fraction of sp³-hybridized carbons (Fsp3) is 0.444. The van der Waals surface area contributed by atoms with Gasteiger partial charge in [-0.25, -0.2) is 4.98 Å². The van der Waals surface area contributed by atoms with Crippen molar-refractivity contribution in [1.29, 1.82) is 0 Å². The predicted octanol–water partition coefficient (Wildman–Crippen LogP) is 1.90. The van der Waals surface area contributed by atoms with Crippen LogP contribution in [0.2, 0.25) is 0 Å². The van der Waals surface area contributed by atoms with Crippen molar-refractivity contribution in [1.82, 2.24) is 4.98 Å². The standard InChI is InChI=1S/C9H13BrN4O2/c1-9(2,5-11)13-8-7(10)3-6(4-12-8)14(15)16/h3-4H,5,11H2,1-2H3,(H,12,13). The second-order valence-corrected chi connectivity index (χ2v) is 4.85. The number of rotatable bonds is 4. The first kappa shape index (κ1) is 12.9. The van der Waals surface area contributed by atoms with Gasteiger partial charge in [0.25, 0.3) is 5.69 Å². The first-order chi connectivity index (χ1) is 7.35. The van der Waals surface area contributed by atoms with Crippen molar-refractivity contribution >= 4 is 27.4 Å².